The van der Waals surface area contributed by atoms with Crippen molar-refractivity contribution in [1.29, 1.82) is 0 Å². The summed E-state index contributed by atoms with van der Waals surface area (Å²) in [4.78, 5) is 35.0. The van der Waals surface area contributed by atoms with E-state index in [-0.39, 0.29) is 17.9 Å². The van der Waals surface area contributed by atoms with Crippen LogP contribution in [0.2, 0.25) is 0 Å². The van der Waals surface area contributed by atoms with Crippen LogP contribution in [0.4, 0.5) is 8.78 Å². The molecule has 1 amide bonds. The number of rotatable bonds is 8. The molecular weight excluding hydrogens is 376 g/mol. The Hall–Kier alpha value is -3.49. The zero-order chi connectivity index (χ0) is 20.5. The van der Waals surface area contributed by atoms with Gasteiger partial charge in [-0.25, -0.2) is 9.59 Å². The van der Waals surface area contributed by atoms with Crippen molar-refractivity contribution in [2.75, 3.05) is 13.7 Å². The van der Waals surface area contributed by atoms with Gasteiger partial charge in [-0.2, -0.15) is 8.78 Å². The maximum absolute atomic E-state index is 12.2. The third kappa shape index (κ3) is 6.35. The van der Waals surface area contributed by atoms with Gasteiger partial charge in [-0.3, -0.25) is 4.79 Å². The van der Waals surface area contributed by atoms with Crippen LogP contribution in [0.15, 0.2) is 48.5 Å². The fourth-order valence-electron chi connectivity index (χ4n) is 2.14. The Labute approximate surface area is 159 Å². The lowest BCUT2D eigenvalue weighted by Crippen LogP contribution is -2.28. The van der Waals surface area contributed by atoms with Gasteiger partial charge in [0.15, 0.2) is 6.61 Å². The molecule has 7 nitrogen and oxygen atoms in total. The summed E-state index contributed by atoms with van der Waals surface area (Å²) < 4.78 is 38.0. The highest BCUT2D eigenvalue weighted by molar-refractivity contribution is 5.91. The second-order valence-corrected chi connectivity index (χ2v) is 5.45. The number of halogens is 2. The number of benzene rings is 2. The topological polar surface area (TPSA) is 90.9 Å². The first kappa shape index (κ1) is 20.8. The molecule has 0 aliphatic rings. The normalized spacial score (nSPS) is 10.3. The Morgan fingerprint density at radius 1 is 1.00 bits per heavy atom. The number of amides is 1. The molecule has 148 valence electrons. The summed E-state index contributed by atoms with van der Waals surface area (Å²) in [6.45, 7) is -3.40. The Bertz CT molecular complexity index is 839. The van der Waals surface area contributed by atoms with Crippen molar-refractivity contribution in [2.45, 2.75) is 13.2 Å². The summed E-state index contributed by atoms with van der Waals surface area (Å²) >= 11 is 0. The minimum atomic E-state index is -3.02. The molecule has 0 saturated heterocycles. The number of hydrogen-bond donors (Lipinski definition) is 1. The van der Waals surface area contributed by atoms with Gasteiger partial charge in [0.1, 0.15) is 5.75 Å². The van der Waals surface area contributed by atoms with Gasteiger partial charge in [-0.1, -0.05) is 18.2 Å². The lowest BCUT2D eigenvalue weighted by molar-refractivity contribution is -0.124. The Morgan fingerprint density at radius 2 is 1.71 bits per heavy atom. The molecule has 0 aliphatic carbocycles. The van der Waals surface area contributed by atoms with E-state index < -0.39 is 31.1 Å². The quantitative estimate of drug-likeness (QED) is 0.693. The van der Waals surface area contributed by atoms with E-state index in [1.807, 2.05) is 0 Å². The van der Waals surface area contributed by atoms with E-state index >= 15 is 0 Å². The van der Waals surface area contributed by atoms with Crippen LogP contribution in [0, 0.1) is 0 Å². The first-order chi connectivity index (χ1) is 13.4. The summed E-state index contributed by atoms with van der Waals surface area (Å²) in [5.74, 6) is -2.06. The second kappa shape index (κ2) is 10.0. The van der Waals surface area contributed by atoms with Gasteiger partial charge in [-0.05, 0) is 35.9 Å². The van der Waals surface area contributed by atoms with Crippen molar-refractivity contribution < 1.29 is 37.4 Å². The summed E-state index contributed by atoms with van der Waals surface area (Å²) in [5.41, 5.74) is 1.08. The van der Waals surface area contributed by atoms with E-state index in [4.69, 9.17) is 4.74 Å². The van der Waals surface area contributed by atoms with Crippen molar-refractivity contribution >= 4 is 17.8 Å². The predicted molar refractivity (Wildman–Crippen MR) is 93.0 cm³/mol. The molecule has 0 unspecified atom stereocenters. The third-order valence-corrected chi connectivity index (χ3v) is 3.49. The van der Waals surface area contributed by atoms with Gasteiger partial charge in [0, 0.05) is 6.54 Å². The third-order valence-electron chi connectivity index (χ3n) is 3.49. The number of hydrogen-bond acceptors (Lipinski definition) is 6. The highest BCUT2D eigenvalue weighted by Crippen LogP contribution is 2.16. The van der Waals surface area contributed by atoms with Crippen molar-refractivity contribution in [3.63, 3.8) is 0 Å². The molecule has 0 aromatic heterocycles. The number of methoxy groups -OCH3 is 1. The molecule has 0 atom stereocenters. The van der Waals surface area contributed by atoms with Crippen LogP contribution < -0.4 is 10.1 Å². The van der Waals surface area contributed by atoms with E-state index in [2.05, 4.69) is 14.8 Å². The smallest absolute Gasteiger partial charge is 0.387 e. The van der Waals surface area contributed by atoms with Crippen LogP contribution in [-0.4, -0.2) is 38.2 Å². The summed E-state index contributed by atoms with van der Waals surface area (Å²) in [6.07, 6.45) is 0. The van der Waals surface area contributed by atoms with E-state index in [9.17, 15) is 23.2 Å². The molecule has 9 heteroatoms. The Kier molecular flexibility index (Phi) is 7.44. The lowest BCUT2D eigenvalue weighted by atomic mass is 10.1. The predicted octanol–water partition coefficient (Wildman–Crippen LogP) is 2.55. The van der Waals surface area contributed by atoms with Crippen molar-refractivity contribution in [2.24, 2.45) is 0 Å². The highest BCUT2D eigenvalue weighted by Gasteiger charge is 2.13. The molecule has 2 aromatic rings. The standard InChI is InChI=1S/C19H17F2NO6/c1-26-17(24)13-7-5-12(6-8-13)10-22-16(23)11-27-18(25)14-3-2-4-15(9-14)28-19(20)21/h2-9,19H,10-11H2,1H3,(H,22,23). The Balaban J connectivity index is 1.80. The van der Waals surface area contributed by atoms with E-state index in [0.717, 1.165) is 11.6 Å². The molecule has 0 spiro atoms. The SMILES string of the molecule is COC(=O)c1ccc(CNC(=O)COC(=O)c2cccc(OC(F)F)c2)cc1. The number of nitrogens with one attached hydrogen (secondary N) is 1. The van der Waals surface area contributed by atoms with E-state index in [1.54, 1.807) is 24.3 Å². The zero-order valence-corrected chi connectivity index (χ0v) is 14.8. The molecule has 2 aromatic carbocycles. The molecular formula is C19H17F2NO6. The molecule has 1 N–H and O–H groups in total. The van der Waals surface area contributed by atoms with Crippen LogP contribution >= 0.6 is 0 Å². The fourth-order valence-corrected chi connectivity index (χ4v) is 2.14. The zero-order valence-electron chi connectivity index (χ0n) is 14.8. The first-order valence-corrected chi connectivity index (χ1v) is 8.05. The van der Waals surface area contributed by atoms with Crippen LogP contribution in [-0.2, 0) is 20.8 Å². The minimum absolute atomic E-state index is 0.0238. The number of alkyl halides is 2. The van der Waals surface area contributed by atoms with Gasteiger partial charge in [-0.15, -0.1) is 0 Å². The molecule has 28 heavy (non-hydrogen) atoms. The molecule has 0 heterocycles. The van der Waals surface area contributed by atoms with Crippen LogP contribution in [0.5, 0.6) is 5.75 Å². The average molecular weight is 393 g/mol. The molecule has 0 saturated carbocycles. The molecule has 2 rings (SSSR count). The van der Waals surface area contributed by atoms with Gasteiger partial charge in [0.25, 0.3) is 5.91 Å². The van der Waals surface area contributed by atoms with Gasteiger partial charge in [0.2, 0.25) is 0 Å². The number of ether oxygens (including phenoxy) is 3. The van der Waals surface area contributed by atoms with Crippen molar-refractivity contribution in [3.05, 3.63) is 65.2 Å². The summed E-state index contributed by atoms with van der Waals surface area (Å²) in [5, 5.41) is 2.55. The second-order valence-electron chi connectivity index (χ2n) is 5.45. The van der Waals surface area contributed by atoms with Crippen LogP contribution in [0.25, 0.3) is 0 Å². The maximum Gasteiger partial charge on any atom is 0.387 e. The van der Waals surface area contributed by atoms with Crippen LogP contribution in [0.3, 0.4) is 0 Å². The molecule has 0 aliphatic heterocycles. The van der Waals surface area contributed by atoms with E-state index in [0.29, 0.717) is 5.56 Å². The molecule has 0 bridgehead atoms. The van der Waals surface area contributed by atoms with Gasteiger partial charge < -0.3 is 19.5 Å². The van der Waals surface area contributed by atoms with Crippen molar-refractivity contribution in [3.8, 4) is 5.75 Å². The van der Waals surface area contributed by atoms with E-state index in [1.165, 1.54) is 25.3 Å². The number of carbonyl (C=O) groups is 3. The molecule has 0 radical (unpaired) electrons. The first-order valence-electron chi connectivity index (χ1n) is 8.05. The maximum atomic E-state index is 12.2. The summed E-state index contributed by atoms with van der Waals surface area (Å²) in [7, 11) is 1.28. The minimum Gasteiger partial charge on any atom is -0.465 e. The monoisotopic (exact) mass is 393 g/mol. The number of esters is 2. The number of carbonyl (C=O) groups excluding carboxylic acids is 3. The molecule has 0 fully saturated rings. The fraction of sp³-hybridized carbons (Fsp3) is 0.211. The lowest BCUT2D eigenvalue weighted by Gasteiger charge is -2.08. The average Bonchev–Trinajstić information content (AvgIpc) is 2.70. The van der Waals surface area contributed by atoms with Gasteiger partial charge >= 0.3 is 18.6 Å². The summed E-state index contributed by atoms with van der Waals surface area (Å²) in [6, 6.07) is 11.5. The Morgan fingerprint density at radius 3 is 2.36 bits per heavy atom. The van der Waals surface area contributed by atoms with Crippen LogP contribution in [0.1, 0.15) is 26.3 Å². The highest BCUT2D eigenvalue weighted by atomic mass is 19.3. The largest absolute Gasteiger partial charge is 0.465 e. The van der Waals surface area contributed by atoms with Gasteiger partial charge in [0.05, 0.1) is 18.2 Å². The van der Waals surface area contributed by atoms with Crippen molar-refractivity contribution in [1.82, 2.24) is 5.32 Å².